The second-order valence-corrected chi connectivity index (χ2v) is 5.25. The van der Waals surface area contributed by atoms with Crippen LogP contribution in [0.3, 0.4) is 0 Å². The summed E-state index contributed by atoms with van der Waals surface area (Å²) in [5.74, 6) is 1.00. The maximum Gasteiger partial charge on any atom is 0.121 e. The Morgan fingerprint density at radius 1 is 1.17 bits per heavy atom. The number of hydrogen-bond donors (Lipinski definition) is 1. The third-order valence-electron chi connectivity index (χ3n) is 3.89. The lowest BCUT2D eigenvalue weighted by Crippen LogP contribution is -2.25. The summed E-state index contributed by atoms with van der Waals surface area (Å²) >= 11 is 0. The highest BCUT2D eigenvalue weighted by atomic mass is 16.5. The first-order valence-corrected chi connectivity index (χ1v) is 7.14. The van der Waals surface area contributed by atoms with E-state index in [1.165, 1.54) is 50.0 Å². The minimum Gasteiger partial charge on any atom is -0.492 e. The molecule has 3 heteroatoms. The van der Waals surface area contributed by atoms with Gasteiger partial charge in [0.2, 0.25) is 0 Å². The van der Waals surface area contributed by atoms with Crippen LogP contribution < -0.4 is 10.1 Å². The molecule has 1 aromatic carbocycles. The normalized spacial score (nSPS) is 19.3. The van der Waals surface area contributed by atoms with Crippen molar-refractivity contribution in [3.63, 3.8) is 0 Å². The molecule has 2 heterocycles. The maximum atomic E-state index is 5.85. The van der Waals surface area contributed by atoms with E-state index in [4.69, 9.17) is 4.74 Å². The van der Waals surface area contributed by atoms with Crippen LogP contribution in [0.5, 0.6) is 5.75 Å². The van der Waals surface area contributed by atoms with Crippen LogP contribution in [0.2, 0.25) is 0 Å². The number of nitrogens with zero attached hydrogens (tertiary/aromatic N) is 1. The van der Waals surface area contributed by atoms with Crippen LogP contribution in [0, 0.1) is 0 Å². The lowest BCUT2D eigenvalue weighted by Gasteiger charge is -2.19. The number of aryl methyl sites for hydroxylation is 1. The monoisotopic (exact) mass is 246 g/mol. The van der Waals surface area contributed by atoms with Gasteiger partial charge in [-0.25, -0.2) is 0 Å². The zero-order valence-electron chi connectivity index (χ0n) is 11.0. The first-order chi connectivity index (χ1) is 8.92. The van der Waals surface area contributed by atoms with Crippen LogP contribution in [0.4, 0.5) is 5.69 Å². The van der Waals surface area contributed by atoms with Crippen molar-refractivity contribution in [2.75, 3.05) is 38.1 Å². The van der Waals surface area contributed by atoms with Crippen LogP contribution in [-0.2, 0) is 6.42 Å². The van der Waals surface area contributed by atoms with E-state index in [0.717, 1.165) is 25.4 Å². The van der Waals surface area contributed by atoms with Crippen LogP contribution in [0.25, 0.3) is 0 Å². The number of benzene rings is 1. The van der Waals surface area contributed by atoms with Gasteiger partial charge in [-0.15, -0.1) is 0 Å². The molecule has 3 nitrogen and oxygen atoms in total. The van der Waals surface area contributed by atoms with Gasteiger partial charge in [0.15, 0.2) is 0 Å². The third kappa shape index (κ3) is 2.78. The predicted molar refractivity (Wildman–Crippen MR) is 74.4 cm³/mol. The van der Waals surface area contributed by atoms with Gasteiger partial charge in [-0.05, 0) is 50.4 Å². The van der Waals surface area contributed by atoms with Gasteiger partial charge in [-0.2, -0.15) is 0 Å². The van der Waals surface area contributed by atoms with Gasteiger partial charge in [0.25, 0.3) is 0 Å². The van der Waals surface area contributed by atoms with Crippen LogP contribution in [0.1, 0.15) is 24.8 Å². The number of ether oxygens (including phenoxy) is 1. The minimum absolute atomic E-state index is 0.804. The van der Waals surface area contributed by atoms with Gasteiger partial charge >= 0.3 is 0 Å². The number of fused-ring (bicyclic) bond motifs is 1. The van der Waals surface area contributed by atoms with Crippen molar-refractivity contribution < 1.29 is 4.74 Å². The first-order valence-electron chi connectivity index (χ1n) is 7.14. The Hall–Kier alpha value is -1.22. The molecule has 0 atom stereocenters. The summed E-state index contributed by atoms with van der Waals surface area (Å²) in [5, 5.41) is 3.44. The standard InChI is InChI=1S/C15H22N2O/c1-2-9-17(8-1)10-11-18-14-6-5-13-4-3-7-16-15(13)12-14/h5-6,12,16H,1-4,7-11H2. The molecule has 1 aromatic rings. The lowest BCUT2D eigenvalue weighted by molar-refractivity contribution is 0.238. The van der Waals surface area contributed by atoms with Gasteiger partial charge in [-0.3, -0.25) is 4.90 Å². The highest BCUT2D eigenvalue weighted by Crippen LogP contribution is 2.26. The molecule has 1 saturated heterocycles. The summed E-state index contributed by atoms with van der Waals surface area (Å²) in [6, 6.07) is 6.46. The van der Waals surface area contributed by atoms with Crippen LogP contribution in [-0.4, -0.2) is 37.7 Å². The Balaban J connectivity index is 1.52. The molecule has 1 N–H and O–H groups in total. The molecule has 98 valence electrons. The second kappa shape index (κ2) is 5.61. The molecule has 0 unspecified atom stereocenters. The summed E-state index contributed by atoms with van der Waals surface area (Å²) in [6.45, 7) is 5.44. The fourth-order valence-corrected chi connectivity index (χ4v) is 2.83. The SMILES string of the molecule is c1cc2c(cc1OCCN1CCCC1)NCCC2. The van der Waals surface area contributed by atoms with Gasteiger partial charge in [0, 0.05) is 24.8 Å². The highest BCUT2D eigenvalue weighted by Gasteiger charge is 2.12. The molecule has 3 rings (SSSR count). The number of hydrogen-bond acceptors (Lipinski definition) is 3. The van der Waals surface area contributed by atoms with E-state index in [2.05, 4.69) is 28.4 Å². The van der Waals surface area contributed by atoms with Crippen molar-refractivity contribution >= 4 is 5.69 Å². The van der Waals surface area contributed by atoms with Gasteiger partial charge in [-0.1, -0.05) is 6.07 Å². The molecule has 0 amide bonds. The minimum atomic E-state index is 0.804. The number of rotatable bonds is 4. The smallest absolute Gasteiger partial charge is 0.121 e. The molecule has 0 aromatic heterocycles. The van der Waals surface area contributed by atoms with E-state index in [9.17, 15) is 0 Å². The van der Waals surface area contributed by atoms with E-state index in [1.807, 2.05) is 0 Å². The van der Waals surface area contributed by atoms with E-state index >= 15 is 0 Å². The molecular weight excluding hydrogens is 224 g/mol. The van der Waals surface area contributed by atoms with Crippen molar-refractivity contribution in [1.82, 2.24) is 4.90 Å². The number of likely N-dealkylation sites (tertiary alicyclic amines) is 1. The lowest BCUT2D eigenvalue weighted by atomic mass is 10.0. The Bertz CT molecular complexity index is 399. The fraction of sp³-hybridized carbons (Fsp3) is 0.600. The summed E-state index contributed by atoms with van der Waals surface area (Å²) in [5.41, 5.74) is 2.69. The molecule has 0 radical (unpaired) electrons. The molecule has 0 saturated carbocycles. The van der Waals surface area contributed by atoms with Crippen LogP contribution in [0.15, 0.2) is 18.2 Å². The average molecular weight is 246 g/mol. The molecule has 2 aliphatic rings. The second-order valence-electron chi connectivity index (χ2n) is 5.25. The van der Waals surface area contributed by atoms with E-state index in [-0.39, 0.29) is 0 Å². The fourth-order valence-electron chi connectivity index (χ4n) is 2.83. The van der Waals surface area contributed by atoms with E-state index in [1.54, 1.807) is 0 Å². The summed E-state index contributed by atoms with van der Waals surface area (Å²) in [4.78, 5) is 2.48. The van der Waals surface area contributed by atoms with Crippen molar-refractivity contribution in [1.29, 1.82) is 0 Å². The van der Waals surface area contributed by atoms with E-state index < -0.39 is 0 Å². The van der Waals surface area contributed by atoms with Gasteiger partial charge in [0.1, 0.15) is 12.4 Å². The molecule has 2 aliphatic heterocycles. The Morgan fingerprint density at radius 2 is 2.06 bits per heavy atom. The molecular formula is C15H22N2O. The molecule has 18 heavy (non-hydrogen) atoms. The number of anilines is 1. The molecule has 0 bridgehead atoms. The Labute approximate surface area is 109 Å². The molecule has 0 spiro atoms. The Kier molecular flexibility index (Phi) is 3.69. The van der Waals surface area contributed by atoms with Gasteiger partial charge < -0.3 is 10.1 Å². The average Bonchev–Trinajstić information content (AvgIpc) is 2.92. The van der Waals surface area contributed by atoms with Crippen molar-refractivity contribution in [2.45, 2.75) is 25.7 Å². The zero-order valence-corrected chi connectivity index (χ0v) is 11.0. The highest BCUT2D eigenvalue weighted by molar-refractivity contribution is 5.56. The van der Waals surface area contributed by atoms with Crippen molar-refractivity contribution in [2.24, 2.45) is 0 Å². The third-order valence-corrected chi connectivity index (χ3v) is 3.89. The van der Waals surface area contributed by atoms with Gasteiger partial charge in [0.05, 0.1) is 0 Å². The zero-order chi connectivity index (χ0) is 12.2. The molecule has 1 fully saturated rings. The first kappa shape index (κ1) is 11.8. The summed E-state index contributed by atoms with van der Waals surface area (Å²) in [7, 11) is 0. The number of nitrogens with one attached hydrogen (secondary N) is 1. The topological polar surface area (TPSA) is 24.5 Å². The van der Waals surface area contributed by atoms with E-state index in [0.29, 0.717) is 0 Å². The van der Waals surface area contributed by atoms with Crippen LogP contribution >= 0.6 is 0 Å². The molecule has 0 aliphatic carbocycles. The largest absolute Gasteiger partial charge is 0.492 e. The summed E-state index contributed by atoms with van der Waals surface area (Å²) < 4.78 is 5.85. The summed E-state index contributed by atoms with van der Waals surface area (Å²) in [6.07, 6.45) is 5.13. The van der Waals surface area contributed by atoms with Crippen molar-refractivity contribution in [3.8, 4) is 5.75 Å². The Morgan fingerprint density at radius 3 is 2.94 bits per heavy atom. The maximum absolute atomic E-state index is 5.85. The predicted octanol–water partition coefficient (Wildman–Crippen LogP) is 2.52. The quantitative estimate of drug-likeness (QED) is 0.883. The van der Waals surface area contributed by atoms with Crippen molar-refractivity contribution in [3.05, 3.63) is 23.8 Å².